The van der Waals surface area contributed by atoms with Crippen molar-refractivity contribution < 1.29 is 4.79 Å². The van der Waals surface area contributed by atoms with Gasteiger partial charge in [0, 0.05) is 28.1 Å². The highest BCUT2D eigenvalue weighted by atomic mass is 79.9. The molecule has 0 bridgehead atoms. The lowest BCUT2D eigenvalue weighted by Crippen LogP contribution is -2.30. The first-order valence-corrected chi connectivity index (χ1v) is 10.3. The second-order valence-electron chi connectivity index (χ2n) is 6.42. The third-order valence-electron chi connectivity index (χ3n) is 4.61. The van der Waals surface area contributed by atoms with Gasteiger partial charge in [-0.2, -0.15) is 0 Å². The minimum atomic E-state index is -0.111. The second kappa shape index (κ2) is 7.32. The number of hydrogen-bond donors (Lipinski definition) is 1. The molecule has 1 aromatic carbocycles. The van der Waals surface area contributed by atoms with Crippen LogP contribution in [0.5, 0.6) is 0 Å². The zero-order valence-electron chi connectivity index (χ0n) is 14.5. The van der Waals surface area contributed by atoms with E-state index in [1.54, 1.807) is 17.7 Å². The second-order valence-corrected chi connectivity index (χ2v) is 8.54. The number of piperidine rings is 1. The monoisotopic (exact) mass is 430 g/mol. The molecule has 0 radical (unpaired) electrons. The van der Waals surface area contributed by atoms with Gasteiger partial charge in [-0.1, -0.05) is 22.0 Å². The van der Waals surface area contributed by atoms with Crippen molar-refractivity contribution in [1.29, 1.82) is 0 Å². The van der Waals surface area contributed by atoms with E-state index in [1.165, 1.54) is 6.42 Å². The molecule has 26 heavy (non-hydrogen) atoms. The molecule has 3 heterocycles. The number of nitrogens with one attached hydrogen (secondary N) is 1. The number of benzene rings is 1. The van der Waals surface area contributed by atoms with E-state index in [4.69, 9.17) is 0 Å². The van der Waals surface area contributed by atoms with Crippen molar-refractivity contribution in [3.63, 3.8) is 0 Å². The van der Waals surface area contributed by atoms with Gasteiger partial charge < -0.3 is 10.2 Å². The molecule has 2 aromatic heterocycles. The molecule has 3 aromatic rings. The Hall–Kier alpha value is -1.99. The topological polar surface area (TPSA) is 58.1 Å². The van der Waals surface area contributed by atoms with Crippen LogP contribution >= 0.6 is 27.3 Å². The van der Waals surface area contributed by atoms with E-state index < -0.39 is 0 Å². The standard InChI is InChI=1S/C19H19BrN4OS/c1-12-15(18(25)23-14-7-5-6-13(20)10-14)16-17(21-11-22-19(16)26-12)24-8-3-2-4-9-24/h5-7,10-11H,2-4,8-9H2,1H3,(H,23,25). The zero-order valence-corrected chi connectivity index (χ0v) is 16.9. The minimum Gasteiger partial charge on any atom is -0.356 e. The Morgan fingerprint density at radius 1 is 1.23 bits per heavy atom. The summed E-state index contributed by atoms with van der Waals surface area (Å²) in [5, 5.41) is 3.89. The summed E-state index contributed by atoms with van der Waals surface area (Å²) in [6.45, 7) is 3.93. The summed E-state index contributed by atoms with van der Waals surface area (Å²) in [4.78, 5) is 26.1. The summed E-state index contributed by atoms with van der Waals surface area (Å²) >= 11 is 4.99. The highest BCUT2D eigenvalue weighted by Crippen LogP contribution is 2.36. The number of thiophene rings is 1. The van der Waals surface area contributed by atoms with Crippen molar-refractivity contribution in [3.05, 3.63) is 45.5 Å². The maximum Gasteiger partial charge on any atom is 0.257 e. The van der Waals surface area contributed by atoms with Crippen LogP contribution in [0.15, 0.2) is 35.1 Å². The molecule has 0 atom stereocenters. The Balaban J connectivity index is 1.76. The highest BCUT2D eigenvalue weighted by molar-refractivity contribution is 9.10. The van der Waals surface area contributed by atoms with Gasteiger partial charge in [-0.25, -0.2) is 9.97 Å². The molecule has 1 N–H and O–H groups in total. The lowest BCUT2D eigenvalue weighted by atomic mass is 10.1. The molecule has 5 nitrogen and oxygen atoms in total. The van der Waals surface area contributed by atoms with E-state index in [0.717, 1.165) is 57.0 Å². The van der Waals surface area contributed by atoms with Crippen LogP contribution in [0, 0.1) is 6.92 Å². The number of aromatic nitrogens is 2. The number of anilines is 2. The number of rotatable bonds is 3. The molecule has 0 saturated carbocycles. The quantitative estimate of drug-likeness (QED) is 0.634. The molecule has 1 fully saturated rings. The zero-order chi connectivity index (χ0) is 18.1. The Morgan fingerprint density at radius 2 is 2.04 bits per heavy atom. The normalized spacial score (nSPS) is 14.6. The average molecular weight is 431 g/mol. The van der Waals surface area contributed by atoms with Crippen LogP contribution in [0.25, 0.3) is 10.2 Å². The van der Waals surface area contributed by atoms with Crippen LogP contribution in [-0.4, -0.2) is 29.0 Å². The molecule has 1 amide bonds. The van der Waals surface area contributed by atoms with Crippen molar-refractivity contribution in [3.8, 4) is 0 Å². The van der Waals surface area contributed by atoms with E-state index in [9.17, 15) is 4.79 Å². The first-order chi connectivity index (χ1) is 12.6. The van der Waals surface area contributed by atoms with Gasteiger partial charge in [-0.15, -0.1) is 11.3 Å². The van der Waals surface area contributed by atoms with Crippen LogP contribution in [0.3, 0.4) is 0 Å². The Labute approximate surface area is 164 Å². The number of carbonyl (C=O) groups excluding carboxylic acids is 1. The van der Waals surface area contributed by atoms with E-state index in [-0.39, 0.29) is 5.91 Å². The SMILES string of the molecule is Cc1sc2ncnc(N3CCCCC3)c2c1C(=O)Nc1cccc(Br)c1. The summed E-state index contributed by atoms with van der Waals surface area (Å²) in [5.41, 5.74) is 1.45. The molecule has 0 unspecified atom stereocenters. The van der Waals surface area contributed by atoms with Crippen molar-refractivity contribution in [2.75, 3.05) is 23.3 Å². The van der Waals surface area contributed by atoms with Gasteiger partial charge in [-0.3, -0.25) is 4.79 Å². The Morgan fingerprint density at radius 3 is 2.81 bits per heavy atom. The molecule has 4 rings (SSSR count). The third kappa shape index (κ3) is 3.33. The van der Waals surface area contributed by atoms with Crippen LogP contribution in [0.2, 0.25) is 0 Å². The van der Waals surface area contributed by atoms with Gasteiger partial charge in [0.25, 0.3) is 5.91 Å². The predicted octanol–water partition coefficient (Wildman–Crippen LogP) is 5.00. The van der Waals surface area contributed by atoms with Crippen molar-refractivity contribution in [2.24, 2.45) is 0 Å². The number of hydrogen-bond acceptors (Lipinski definition) is 5. The van der Waals surface area contributed by atoms with Crippen LogP contribution in [-0.2, 0) is 0 Å². The summed E-state index contributed by atoms with van der Waals surface area (Å²) in [6, 6.07) is 7.61. The number of halogens is 1. The maximum absolute atomic E-state index is 13.1. The predicted molar refractivity (Wildman–Crippen MR) is 110 cm³/mol. The fraction of sp³-hybridized carbons (Fsp3) is 0.316. The summed E-state index contributed by atoms with van der Waals surface area (Å²) in [5.74, 6) is 0.776. The molecule has 7 heteroatoms. The molecule has 0 spiro atoms. The van der Waals surface area contributed by atoms with E-state index >= 15 is 0 Å². The Kier molecular flexibility index (Phi) is 4.91. The fourth-order valence-electron chi connectivity index (χ4n) is 3.41. The minimum absolute atomic E-state index is 0.111. The van der Waals surface area contributed by atoms with Gasteiger partial charge in [-0.05, 0) is 44.4 Å². The summed E-state index contributed by atoms with van der Waals surface area (Å²) in [7, 11) is 0. The van der Waals surface area contributed by atoms with Gasteiger partial charge >= 0.3 is 0 Å². The largest absolute Gasteiger partial charge is 0.356 e. The van der Waals surface area contributed by atoms with Crippen molar-refractivity contribution in [1.82, 2.24) is 9.97 Å². The van der Waals surface area contributed by atoms with Crippen molar-refractivity contribution >= 4 is 54.9 Å². The smallest absolute Gasteiger partial charge is 0.257 e. The first kappa shape index (κ1) is 17.4. The maximum atomic E-state index is 13.1. The summed E-state index contributed by atoms with van der Waals surface area (Å²) < 4.78 is 0.930. The molecular weight excluding hydrogens is 412 g/mol. The molecule has 0 aliphatic carbocycles. The van der Waals surface area contributed by atoms with Crippen molar-refractivity contribution in [2.45, 2.75) is 26.2 Å². The molecule has 1 saturated heterocycles. The van der Waals surface area contributed by atoms with E-state index in [1.807, 2.05) is 31.2 Å². The lowest BCUT2D eigenvalue weighted by molar-refractivity contribution is 0.102. The van der Waals surface area contributed by atoms with Crippen LogP contribution < -0.4 is 10.2 Å². The van der Waals surface area contributed by atoms with Gasteiger partial charge in [0.1, 0.15) is 17.0 Å². The third-order valence-corrected chi connectivity index (χ3v) is 6.12. The van der Waals surface area contributed by atoms with Gasteiger partial charge in [0.2, 0.25) is 0 Å². The molecular formula is C19H19BrN4OS. The molecule has 1 aliphatic rings. The number of fused-ring (bicyclic) bond motifs is 1. The number of aryl methyl sites for hydroxylation is 1. The molecule has 134 valence electrons. The number of carbonyl (C=O) groups is 1. The summed E-state index contributed by atoms with van der Waals surface area (Å²) in [6.07, 6.45) is 5.18. The number of nitrogens with zero attached hydrogens (tertiary/aromatic N) is 3. The highest BCUT2D eigenvalue weighted by Gasteiger charge is 2.24. The fourth-order valence-corrected chi connectivity index (χ4v) is 4.79. The van der Waals surface area contributed by atoms with E-state index in [0.29, 0.717) is 5.56 Å². The van der Waals surface area contributed by atoms with Crippen LogP contribution in [0.1, 0.15) is 34.5 Å². The van der Waals surface area contributed by atoms with Gasteiger partial charge in [0.15, 0.2) is 0 Å². The average Bonchev–Trinajstić information content (AvgIpc) is 2.98. The van der Waals surface area contributed by atoms with E-state index in [2.05, 4.69) is 36.1 Å². The molecule has 1 aliphatic heterocycles. The van der Waals surface area contributed by atoms with Crippen LogP contribution in [0.4, 0.5) is 11.5 Å². The lowest BCUT2D eigenvalue weighted by Gasteiger charge is -2.28. The number of amides is 1. The van der Waals surface area contributed by atoms with Gasteiger partial charge in [0.05, 0.1) is 10.9 Å². The Bertz CT molecular complexity index is 965. The first-order valence-electron chi connectivity index (χ1n) is 8.69.